The van der Waals surface area contributed by atoms with Crippen LogP contribution in [0.25, 0.3) is 0 Å². The van der Waals surface area contributed by atoms with Gasteiger partial charge in [0.1, 0.15) is 0 Å². The fourth-order valence-corrected chi connectivity index (χ4v) is 2.11. The Hall–Kier alpha value is -0.730. The molecule has 0 aliphatic rings. The molecule has 0 aliphatic carbocycles. The molecule has 0 unspecified atom stereocenters. The molecule has 4 heteroatoms. The zero-order chi connectivity index (χ0) is 13.5. The highest BCUT2D eigenvalue weighted by molar-refractivity contribution is 6.42. The highest BCUT2D eigenvalue weighted by atomic mass is 35.5. The summed E-state index contributed by atoms with van der Waals surface area (Å²) >= 11 is 11.9. The largest absolute Gasteiger partial charge is 0.338 e. The third kappa shape index (κ3) is 4.51. The Balaban J connectivity index is 2.76. The van der Waals surface area contributed by atoms with Crippen molar-refractivity contribution in [2.75, 3.05) is 6.54 Å². The number of amides is 1. The molecule has 0 saturated heterocycles. The molecule has 100 valence electrons. The maximum absolute atomic E-state index is 12.0. The van der Waals surface area contributed by atoms with Crippen LogP contribution in [0.2, 0.25) is 10.0 Å². The molecular formula is C14H19Cl2NO. The second-order valence-corrected chi connectivity index (χ2v) is 5.13. The van der Waals surface area contributed by atoms with Gasteiger partial charge in [0.05, 0.1) is 10.0 Å². The van der Waals surface area contributed by atoms with E-state index in [1.54, 1.807) is 6.07 Å². The summed E-state index contributed by atoms with van der Waals surface area (Å²) in [5.41, 5.74) is 1.02. The first-order chi connectivity index (χ1) is 8.58. The van der Waals surface area contributed by atoms with Crippen molar-refractivity contribution in [3.63, 3.8) is 0 Å². The van der Waals surface area contributed by atoms with Gasteiger partial charge in [-0.2, -0.15) is 0 Å². The molecular weight excluding hydrogens is 269 g/mol. The first-order valence-electron chi connectivity index (χ1n) is 6.30. The predicted molar refractivity (Wildman–Crippen MR) is 77.1 cm³/mol. The Labute approximate surface area is 119 Å². The van der Waals surface area contributed by atoms with Crippen LogP contribution >= 0.6 is 23.2 Å². The lowest BCUT2D eigenvalue weighted by Gasteiger charge is -2.22. The number of halogens is 2. The summed E-state index contributed by atoms with van der Waals surface area (Å²) in [6.45, 7) is 5.46. The van der Waals surface area contributed by atoms with Gasteiger partial charge in [-0.3, -0.25) is 4.79 Å². The molecule has 0 aliphatic heterocycles. The molecule has 0 N–H and O–H groups in total. The van der Waals surface area contributed by atoms with E-state index in [0.717, 1.165) is 24.9 Å². The lowest BCUT2D eigenvalue weighted by molar-refractivity contribution is -0.131. The van der Waals surface area contributed by atoms with Crippen LogP contribution in [0.1, 0.15) is 38.7 Å². The van der Waals surface area contributed by atoms with Gasteiger partial charge >= 0.3 is 0 Å². The van der Waals surface area contributed by atoms with Crippen molar-refractivity contribution in [2.45, 2.75) is 39.7 Å². The summed E-state index contributed by atoms with van der Waals surface area (Å²) in [5, 5.41) is 1.08. The Morgan fingerprint density at radius 3 is 2.44 bits per heavy atom. The number of hydrogen-bond donors (Lipinski definition) is 0. The molecule has 1 rings (SSSR count). The van der Waals surface area contributed by atoms with Gasteiger partial charge in [0.15, 0.2) is 0 Å². The minimum Gasteiger partial charge on any atom is -0.338 e. The smallest absolute Gasteiger partial charge is 0.222 e. The number of carbonyl (C=O) groups excluding carboxylic acids is 1. The molecule has 0 atom stereocenters. The highest BCUT2D eigenvalue weighted by Crippen LogP contribution is 2.23. The molecule has 0 spiro atoms. The van der Waals surface area contributed by atoms with Crippen molar-refractivity contribution in [2.24, 2.45) is 0 Å². The van der Waals surface area contributed by atoms with Gasteiger partial charge in [-0.15, -0.1) is 0 Å². The van der Waals surface area contributed by atoms with E-state index >= 15 is 0 Å². The van der Waals surface area contributed by atoms with Gasteiger partial charge in [-0.1, -0.05) is 43.1 Å². The second kappa shape index (κ2) is 7.65. The van der Waals surface area contributed by atoms with Gasteiger partial charge in [0.25, 0.3) is 0 Å². The maximum Gasteiger partial charge on any atom is 0.222 e. The number of nitrogens with zero attached hydrogens (tertiary/aromatic N) is 1. The Kier molecular flexibility index (Phi) is 6.51. The molecule has 1 aromatic rings. The highest BCUT2D eigenvalue weighted by Gasteiger charge is 2.12. The van der Waals surface area contributed by atoms with Crippen molar-refractivity contribution >= 4 is 29.1 Å². The zero-order valence-corrected chi connectivity index (χ0v) is 12.4. The summed E-state index contributed by atoms with van der Waals surface area (Å²) in [7, 11) is 0. The quantitative estimate of drug-likeness (QED) is 0.753. The van der Waals surface area contributed by atoms with Gasteiger partial charge in [0, 0.05) is 19.5 Å². The van der Waals surface area contributed by atoms with Crippen LogP contribution in [0.15, 0.2) is 18.2 Å². The average molecular weight is 288 g/mol. The third-order valence-corrected chi connectivity index (χ3v) is 3.41. The Bertz CT molecular complexity index is 407. The Morgan fingerprint density at radius 1 is 1.17 bits per heavy atom. The number of carbonyl (C=O) groups is 1. The fraction of sp³-hybridized carbons (Fsp3) is 0.500. The van der Waals surface area contributed by atoms with Gasteiger partial charge in [0.2, 0.25) is 5.91 Å². The van der Waals surface area contributed by atoms with E-state index in [4.69, 9.17) is 23.2 Å². The van der Waals surface area contributed by atoms with Crippen molar-refractivity contribution in [3.8, 4) is 0 Å². The summed E-state index contributed by atoms with van der Waals surface area (Å²) in [4.78, 5) is 13.8. The van der Waals surface area contributed by atoms with E-state index in [2.05, 4.69) is 6.92 Å². The molecule has 0 bridgehead atoms. The number of benzene rings is 1. The molecule has 0 fully saturated rings. The molecule has 2 nitrogen and oxygen atoms in total. The van der Waals surface area contributed by atoms with E-state index < -0.39 is 0 Å². The SMILES string of the molecule is CCCC(=O)N(CCC)Cc1ccc(Cl)c(Cl)c1. The summed E-state index contributed by atoms with van der Waals surface area (Å²) in [5.74, 6) is 0.199. The van der Waals surface area contributed by atoms with Crippen LogP contribution in [0.4, 0.5) is 0 Å². The summed E-state index contributed by atoms with van der Waals surface area (Å²) < 4.78 is 0. The van der Waals surface area contributed by atoms with E-state index in [9.17, 15) is 4.79 Å². The van der Waals surface area contributed by atoms with E-state index in [0.29, 0.717) is 23.0 Å². The van der Waals surface area contributed by atoms with Gasteiger partial charge in [-0.05, 0) is 30.5 Å². The van der Waals surface area contributed by atoms with Crippen molar-refractivity contribution < 1.29 is 4.79 Å². The third-order valence-electron chi connectivity index (χ3n) is 2.67. The predicted octanol–water partition coefficient (Wildman–Crippen LogP) is 4.53. The standard InChI is InChI=1S/C14H19Cl2NO/c1-3-5-14(18)17(8-4-2)10-11-6-7-12(15)13(16)9-11/h6-7,9H,3-5,8,10H2,1-2H3. The topological polar surface area (TPSA) is 20.3 Å². The van der Waals surface area contributed by atoms with Crippen LogP contribution in [-0.4, -0.2) is 17.4 Å². The van der Waals surface area contributed by atoms with Crippen molar-refractivity contribution in [3.05, 3.63) is 33.8 Å². The molecule has 0 radical (unpaired) electrons. The molecule has 1 amide bonds. The normalized spacial score (nSPS) is 10.4. The molecule has 1 aromatic carbocycles. The van der Waals surface area contributed by atoms with Crippen LogP contribution in [0.5, 0.6) is 0 Å². The Morgan fingerprint density at radius 2 is 1.89 bits per heavy atom. The molecule has 0 saturated carbocycles. The van der Waals surface area contributed by atoms with E-state index in [1.165, 1.54) is 0 Å². The molecule has 0 heterocycles. The fourth-order valence-electron chi connectivity index (χ4n) is 1.79. The first-order valence-corrected chi connectivity index (χ1v) is 7.05. The van der Waals surface area contributed by atoms with Gasteiger partial charge < -0.3 is 4.90 Å². The van der Waals surface area contributed by atoms with Crippen LogP contribution in [-0.2, 0) is 11.3 Å². The van der Waals surface area contributed by atoms with Crippen LogP contribution < -0.4 is 0 Å². The molecule has 18 heavy (non-hydrogen) atoms. The number of rotatable bonds is 6. The maximum atomic E-state index is 12.0. The lowest BCUT2D eigenvalue weighted by atomic mass is 10.2. The van der Waals surface area contributed by atoms with Crippen LogP contribution in [0.3, 0.4) is 0 Å². The van der Waals surface area contributed by atoms with E-state index in [1.807, 2.05) is 24.0 Å². The van der Waals surface area contributed by atoms with Crippen molar-refractivity contribution in [1.29, 1.82) is 0 Å². The second-order valence-electron chi connectivity index (χ2n) is 4.31. The first kappa shape index (κ1) is 15.3. The lowest BCUT2D eigenvalue weighted by Crippen LogP contribution is -2.30. The summed E-state index contributed by atoms with van der Waals surface area (Å²) in [6.07, 6.45) is 2.43. The minimum absolute atomic E-state index is 0.199. The van der Waals surface area contributed by atoms with Crippen LogP contribution in [0, 0.1) is 0 Å². The van der Waals surface area contributed by atoms with Gasteiger partial charge in [-0.25, -0.2) is 0 Å². The number of hydrogen-bond acceptors (Lipinski definition) is 1. The summed E-state index contributed by atoms with van der Waals surface area (Å²) in [6, 6.07) is 5.51. The van der Waals surface area contributed by atoms with Crippen molar-refractivity contribution in [1.82, 2.24) is 4.90 Å². The minimum atomic E-state index is 0.199. The average Bonchev–Trinajstić information content (AvgIpc) is 2.33. The molecule has 0 aromatic heterocycles. The monoisotopic (exact) mass is 287 g/mol. The zero-order valence-electron chi connectivity index (χ0n) is 10.9. The van der Waals surface area contributed by atoms with E-state index in [-0.39, 0.29) is 5.91 Å².